The Labute approximate surface area is 174 Å². The van der Waals surface area contributed by atoms with Crippen molar-refractivity contribution in [2.45, 2.75) is 25.8 Å². The molecular formula is C17H30IN5O2S. The van der Waals surface area contributed by atoms with E-state index in [9.17, 15) is 8.42 Å². The molecule has 1 aromatic rings. The van der Waals surface area contributed by atoms with Gasteiger partial charge in [0.1, 0.15) is 0 Å². The van der Waals surface area contributed by atoms with Gasteiger partial charge < -0.3 is 15.5 Å². The molecule has 2 rings (SSSR count). The lowest BCUT2D eigenvalue weighted by atomic mass is 10.1. The van der Waals surface area contributed by atoms with Crippen LogP contribution in [0.15, 0.2) is 29.3 Å². The van der Waals surface area contributed by atoms with Crippen LogP contribution in [0, 0.1) is 0 Å². The number of likely N-dealkylation sites (tertiary alicyclic amines) is 1. The highest BCUT2D eigenvalue weighted by Crippen LogP contribution is 2.15. The molecule has 0 spiro atoms. The van der Waals surface area contributed by atoms with Gasteiger partial charge in [0.05, 0.1) is 11.9 Å². The van der Waals surface area contributed by atoms with E-state index in [-0.39, 0.29) is 24.0 Å². The monoisotopic (exact) mass is 495 g/mol. The third-order valence-electron chi connectivity index (χ3n) is 4.15. The summed E-state index contributed by atoms with van der Waals surface area (Å²) in [4.78, 5) is 6.69. The minimum atomic E-state index is -3.30. The lowest BCUT2D eigenvalue weighted by molar-refractivity contribution is 0.232. The molecule has 1 aromatic carbocycles. The van der Waals surface area contributed by atoms with Crippen molar-refractivity contribution in [3.63, 3.8) is 0 Å². The molecule has 0 amide bonds. The van der Waals surface area contributed by atoms with Gasteiger partial charge >= 0.3 is 0 Å². The van der Waals surface area contributed by atoms with E-state index in [1.165, 1.54) is 32.4 Å². The molecule has 26 heavy (non-hydrogen) atoms. The summed E-state index contributed by atoms with van der Waals surface area (Å²) >= 11 is 0. The summed E-state index contributed by atoms with van der Waals surface area (Å²) in [5.74, 6) is 0.714. The fraction of sp³-hybridized carbons (Fsp3) is 0.588. The topological polar surface area (TPSA) is 85.8 Å². The van der Waals surface area contributed by atoms with Gasteiger partial charge in [-0.1, -0.05) is 24.6 Å². The summed E-state index contributed by atoms with van der Waals surface area (Å²) in [5, 5.41) is 6.55. The number of para-hydroxylation sites is 1. The summed E-state index contributed by atoms with van der Waals surface area (Å²) in [6.07, 6.45) is 5.07. The first-order valence-corrected chi connectivity index (χ1v) is 10.6. The van der Waals surface area contributed by atoms with Crippen molar-refractivity contribution < 1.29 is 8.42 Å². The highest BCUT2D eigenvalue weighted by molar-refractivity contribution is 14.0. The average molecular weight is 495 g/mol. The molecule has 148 valence electrons. The van der Waals surface area contributed by atoms with Crippen molar-refractivity contribution >= 4 is 45.6 Å². The molecule has 0 radical (unpaired) electrons. The molecule has 0 unspecified atom stereocenters. The first-order chi connectivity index (χ1) is 12.0. The van der Waals surface area contributed by atoms with Gasteiger partial charge in [0, 0.05) is 26.7 Å². The van der Waals surface area contributed by atoms with E-state index in [1.807, 2.05) is 18.2 Å². The number of aliphatic imine (C=N–C) groups is 1. The van der Waals surface area contributed by atoms with Crippen LogP contribution in [0.4, 0.5) is 5.69 Å². The molecular weight excluding hydrogens is 465 g/mol. The van der Waals surface area contributed by atoms with Crippen molar-refractivity contribution in [1.29, 1.82) is 0 Å². The second-order valence-electron chi connectivity index (χ2n) is 6.29. The minimum absolute atomic E-state index is 0. The number of hydrogen-bond acceptors (Lipinski definition) is 4. The number of guanidine groups is 1. The lowest BCUT2D eigenvalue weighted by Crippen LogP contribution is -2.42. The van der Waals surface area contributed by atoms with Crippen LogP contribution in [0.2, 0.25) is 0 Å². The summed E-state index contributed by atoms with van der Waals surface area (Å²) in [7, 11) is -1.57. The predicted octanol–water partition coefficient (Wildman–Crippen LogP) is 1.83. The number of nitrogens with one attached hydrogen (secondary N) is 3. The number of rotatable bonds is 7. The molecule has 0 atom stereocenters. The molecule has 0 bridgehead atoms. The maximum atomic E-state index is 11.5. The van der Waals surface area contributed by atoms with Gasteiger partial charge in [-0.05, 0) is 37.6 Å². The van der Waals surface area contributed by atoms with E-state index in [0.717, 1.165) is 24.9 Å². The average Bonchev–Trinajstić information content (AvgIpc) is 2.58. The molecule has 7 nitrogen and oxygen atoms in total. The Morgan fingerprint density at radius 1 is 1.15 bits per heavy atom. The highest BCUT2D eigenvalue weighted by Gasteiger charge is 2.10. The Morgan fingerprint density at radius 2 is 1.85 bits per heavy atom. The minimum Gasteiger partial charge on any atom is -0.355 e. The fourth-order valence-electron chi connectivity index (χ4n) is 2.89. The second-order valence-corrected chi connectivity index (χ2v) is 8.03. The molecule has 0 aliphatic carbocycles. The van der Waals surface area contributed by atoms with E-state index >= 15 is 0 Å². The second kappa shape index (κ2) is 11.6. The maximum Gasteiger partial charge on any atom is 0.229 e. The van der Waals surface area contributed by atoms with Gasteiger partial charge in [0.25, 0.3) is 0 Å². The van der Waals surface area contributed by atoms with Crippen molar-refractivity contribution in [1.82, 2.24) is 15.5 Å². The smallest absolute Gasteiger partial charge is 0.229 e. The van der Waals surface area contributed by atoms with Crippen molar-refractivity contribution in [3.8, 4) is 0 Å². The number of halogens is 1. The Hall–Kier alpha value is -1.07. The Balaban J connectivity index is 0.00000338. The molecule has 3 N–H and O–H groups in total. The number of sulfonamides is 1. The number of hydrogen-bond donors (Lipinski definition) is 3. The molecule has 1 fully saturated rings. The Morgan fingerprint density at radius 3 is 2.50 bits per heavy atom. The molecule has 0 aromatic heterocycles. The summed E-state index contributed by atoms with van der Waals surface area (Å²) < 4.78 is 25.5. The van der Waals surface area contributed by atoms with E-state index < -0.39 is 10.0 Å². The third-order valence-corrected chi connectivity index (χ3v) is 4.74. The van der Waals surface area contributed by atoms with Gasteiger partial charge in [0.15, 0.2) is 5.96 Å². The van der Waals surface area contributed by atoms with Crippen LogP contribution in [0.25, 0.3) is 0 Å². The quantitative estimate of drug-likeness (QED) is 0.305. The van der Waals surface area contributed by atoms with Crippen LogP contribution in [-0.2, 0) is 16.6 Å². The van der Waals surface area contributed by atoms with Crippen LogP contribution < -0.4 is 15.4 Å². The van der Waals surface area contributed by atoms with Crippen LogP contribution in [-0.4, -0.2) is 58.8 Å². The predicted molar refractivity (Wildman–Crippen MR) is 119 cm³/mol. The van der Waals surface area contributed by atoms with Crippen molar-refractivity contribution in [2.24, 2.45) is 4.99 Å². The van der Waals surface area contributed by atoms with Crippen molar-refractivity contribution in [3.05, 3.63) is 29.8 Å². The normalized spacial score (nSPS) is 15.8. The van der Waals surface area contributed by atoms with Gasteiger partial charge in [-0.3, -0.25) is 9.71 Å². The molecule has 1 heterocycles. The SMILES string of the molecule is CN=C(NCCN1CCCCC1)NCc1ccccc1NS(C)(=O)=O.I. The fourth-order valence-corrected chi connectivity index (χ4v) is 3.49. The largest absolute Gasteiger partial charge is 0.355 e. The number of piperidine rings is 1. The Bertz CT molecular complexity index is 675. The highest BCUT2D eigenvalue weighted by atomic mass is 127. The van der Waals surface area contributed by atoms with Gasteiger partial charge in [-0.15, -0.1) is 24.0 Å². The van der Waals surface area contributed by atoms with Crippen LogP contribution in [0.1, 0.15) is 24.8 Å². The molecule has 0 saturated carbocycles. The number of benzene rings is 1. The van der Waals surface area contributed by atoms with Gasteiger partial charge in [-0.2, -0.15) is 0 Å². The zero-order valence-corrected chi connectivity index (χ0v) is 18.6. The summed E-state index contributed by atoms with van der Waals surface area (Å²) in [5.41, 5.74) is 1.45. The summed E-state index contributed by atoms with van der Waals surface area (Å²) in [6.45, 7) is 4.69. The van der Waals surface area contributed by atoms with E-state index in [4.69, 9.17) is 0 Å². The van der Waals surface area contributed by atoms with Crippen LogP contribution in [0.5, 0.6) is 0 Å². The maximum absolute atomic E-state index is 11.5. The zero-order valence-electron chi connectivity index (χ0n) is 15.5. The van der Waals surface area contributed by atoms with Gasteiger partial charge in [-0.25, -0.2) is 8.42 Å². The Kier molecular flexibility index (Phi) is 10.3. The third kappa shape index (κ3) is 8.54. The van der Waals surface area contributed by atoms with E-state index in [2.05, 4.69) is 25.2 Å². The molecule has 1 saturated heterocycles. The lowest BCUT2D eigenvalue weighted by Gasteiger charge is -2.26. The first-order valence-electron chi connectivity index (χ1n) is 8.70. The molecule has 9 heteroatoms. The number of anilines is 1. The van der Waals surface area contributed by atoms with Crippen molar-refractivity contribution in [2.75, 3.05) is 44.2 Å². The van der Waals surface area contributed by atoms with E-state index in [0.29, 0.717) is 18.2 Å². The van der Waals surface area contributed by atoms with Gasteiger partial charge in [0.2, 0.25) is 10.0 Å². The molecule has 1 aliphatic rings. The zero-order chi connectivity index (χ0) is 18.1. The van der Waals surface area contributed by atoms with E-state index in [1.54, 1.807) is 13.1 Å². The molecule has 1 aliphatic heterocycles. The van der Waals surface area contributed by atoms with Crippen LogP contribution in [0.3, 0.4) is 0 Å². The number of nitrogens with zero attached hydrogens (tertiary/aromatic N) is 2. The first kappa shape index (κ1) is 23.0. The van der Waals surface area contributed by atoms with Crippen LogP contribution >= 0.6 is 24.0 Å². The summed E-state index contributed by atoms with van der Waals surface area (Å²) in [6, 6.07) is 7.34. The standard InChI is InChI=1S/C17H29N5O2S.HI/c1-18-17(19-10-13-22-11-6-3-7-12-22)20-14-15-8-4-5-9-16(15)21-25(2,23)24;/h4-5,8-9,21H,3,6-7,10-14H2,1-2H3,(H2,18,19,20);1H.